The van der Waals surface area contributed by atoms with Crippen LogP contribution in [0.25, 0.3) is 0 Å². The standard InChI is InChI=1S/C22H28O3/c1-4-22(25-14(2)23)12-10-20-19-7-5-15-13-16(24)6-8-17(15)18(19)9-11-21(20,22)3/h1,13,17-20H,5-12H2,2-3H3/t17?,18?,19-,20+,21+,22+/m1/s1. The Balaban J connectivity index is 1.64. The summed E-state index contributed by atoms with van der Waals surface area (Å²) in [6, 6.07) is 0. The van der Waals surface area contributed by atoms with Gasteiger partial charge in [-0.25, -0.2) is 0 Å². The Morgan fingerprint density at radius 3 is 2.72 bits per heavy atom. The van der Waals surface area contributed by atoms with Crippen LogP contribution >= 0.6 is 0 Å². The van der Waals surface area contributed by atoms with Crippen molar-refractivity contribution in [1.29, 1.82) is 0 Å². The number of hydrogen-bond acceptors (Lipinski definition) is 3. The van der Waals surface area contributed by atoms with Crippen molar-refractivity contribution in [1.82, 2.24) is 0 Å². The molecule has 0 amide bonds. The molecule has 4 aliphatic rings. The fourth-order valence-corrected chi connectivity index (χ4v) is 6.86. The normalized spacial score (nSPS) is 45.5. The quantitative estimate of drug-likeness (QED) is 0.534. The van der Waals surface area contributed by atoms with Gasteiger partial charge in [-0.15, -0.1) is 6.42 Å². The zero-order chi connectivity index (χ0) is 17.8. The number of terminal acetylenes is 1. The molecule has 0 saturated heterocycles. The van der Waals surface area contributed by atoms with Gasteiger partial charge in [0.2, 0.25) is 0 Å². The van der Waals surface area contributed by atoms with Crippen molar-refractivity contribution >= 4 is 11.8 Å². The zero-order valence-electron chi connectivity index (χ0n) is 15.3. The van der Waals surface area contributed by atoms with E-state index >= 15 is 0 Å². The van der Waals surface area contributed by atoms with Gasteiger partial charge < -0.3 is 4.74 Å². The molecule has 0 N–H and O–H groups in total. The maximum atomic E-state index is 11.8. The second-order valence-corrected chi connectivity index (χ2v) is 8.86. The van der Waals surface area contributed by atoms with Gasteiger partial charge in [-0.1, -0.05) is 18.4 Å². The Labute approximate surface area is 150 Å². The van der Waals surface area contributed by atoms with Crippen LogP contribution in [0.2, 0.25) is 0 Å². The van der Waals surface area contributed by atoms with Crippen LogP contribution in [0.3, 0.4) is 0 Å². The van der Waals surface area contributed by atoms with E-state index in [2.05, 4.69) is 12.8 Å². The Morgan fingerprint density at radius 2 is 2.00 bits per heavy atom. The van der Waals surface area contributed by atoms with Gasteiger partial charge in [0, 0.05) is 18.8 Å². The van der Waals surface area contributed by atoms with Crippen molar-refractivity contribution in [3.63, 3.8) is 0 Å². The summed E-state index contributed by atoms with van der Waals surface area (Å²) in [5.74, 6) is 5.41. The molecular weight excluding hydrogens is 312 g/mol. The third-order valence-electron chi connectivity index (χ3n) is 7.97. The third kappa shape index (κ3) is 2.33. The first kappa shape index (κ1) is 16.9. The highest BCUT2D eigenvalue weighted by atomic mass is 16.6. The van der Waals surface area contributed by atoms with E-state index < -0.39 is 5.60 Å². The van der Waals surface area contributed by atoms with Gasteiger partial charge in [0.05, 0.1) is 0 Å². The molecule has 0 bridgehead atoms. The number of fused-ring (bicyclic) bond motifs is 5. The smallest absolute Gasteiger partial charge is 0.304 e. The fraction of sp³-hybridized carbons (Fsp3) is 0.727. The molecule has 2 unspecified atom stereocenters. The number of hydrogen-bond donors (Lipinski definition) is 0. The van der Waals surface area contributed by atoms with E-state index in [0.29, 0.717) is 35.9 Å². The van der Waals surface area contributed by atoms with Gasteiger partial charge >= 0.3 is 5.97 Å². The molecular formula is C22H28O3. The maximum Gasteiger partial charge on any atom is 0.304 e. The second-order valence-electron chi connectivity index (χ2n) is 8.86. The molecule has 3 fully saturated rings. The molecule has 0 spiro atoms. The molecule has 3 heteroatoms. The zero-order valence-corrected chi connectivity index (χ0v) is 15.3. The predicted octanol–water partition coefficient (Wildman–Crippen LogP) is 4.06. The molecule has 6 atom stereocenters. The van der Waals surface area contributed by atoms with Gasteiger partial charge in [-0.05, 0) is 74.7 Å². The van der Waals surface area contributed by atoms with E-state index in [1.807, 2.05) is 6.08 Å². The monoisotopic (exact) mass is 340 g/mol. The van der Waals surface area contributed by atoms with Crippen molar-refractivity contribution in [2.24, 2.45) is 29.1 Å². The highest BCUT2D eigenvalue weighted by Crippen LogP contribution is 2.65. The summed E-state index contributed by atoms with van der Waals surface area (Å²) in [4.78, 5) is 23.5. The highest BCUT2D eigenvalue weighted by Gasteiger charge is 2.64. The van der Waals surface area contributed by atoms with Crippen molar-refractivity contribution in [2.75, 3.05) is 0 Å². The van der Waals surface area contributed by atoms with Crippen molar-refractivity contribution in [3.8, 4) is 12.3 Å². The predicted molar refractivity (Wildman–Crippen MR) is 95.4 cm³/mol. The molecule has 4 rings (SSSR count). The summed E-state index contributed by atoms with van der Waals surface area (Å²) in [6.07, 6.45) is 15.8. The highest BCUT2D eigenvalue weighted by molar-refractivity contribution is 5.91. The lowest BCUT2D eigenvalue weighted by Crippen LogP contribution is -2.53. The SMILES string of the molecule is C#C[C@]1(OC(C)=O)CC[C@H]2[C@@H]3CCC4=CC(=O)CCC4C3CC[C@@]21C. The Bertz CT molecular complexity index is 684. The number of carbonyl (C=O) groups is 2. The lowest BCUT2D eigenvalue weighted by atomic mass is 9.50. The molecule has 134 valence electrons. The van der Waals surface area contributed by atoms with Crippen LogP contribution in [0.4, 0.5) is 0 Å². The Hall–Kier alpha value is -1.56. The molecule has 4 aliphatic carbocycles. The molecule has 0 aromatic heterocycles. The Morgan fingerprint density at radius 1 is 1.20 bits per heavy atom. The number of carbonyl (C=O) groups excluding carboxylic acids is 2. The minimum atomic E-state index is -0.729. The molecule has 0 radical (unpaired) electrons. The molecule has 3 saturated carbocycles. The number of ether oxygens (including phenoxy) is 1. The van der Waals surface area contributed by atoms with Crippen molar-refractivity contribution < 1.29 is 14.3 Å². The second kappa shape index (κ2) is 5.73. The van der Waals surface area contributed by atoms with Crippen LogP contribution in [-0.4, -0.2) is 17.4 Å². The van der Waals surface area contributed by atoms with E-state index in [9.17, 15) is 9.59 Å². The number of allylic oxidation sites excluding steroid dienone is 1. The lowest BCUT2D eigenvalue weighted by molar-refractivity contribution is -0.167. The first-order valence-corrected chi connectivity index (χ1v) is 9.81. The van der Waals surface area contributed by atoms with Gasteiger partial charge in [-0.2, -0.15) is 0 Å². The molecule has 0 aliphatic heterocycles. The summed E-state index contributed by atoms with van der Waals surface area (Å²) in [7, 11) is 0. The van der Waals surface area contributed by atoms with Gasteiger partial charge in [0.25, 0.3) is 0 Å². The number of esters is 1. The van der Waals surface area contributed by atoms with Crippen LogP contribution < -0.4 is 0 Å². The fourth-order valence-electron chi connectivity index (χ4n) is 6.86. The minimum absolute atomic E-state index is 0.111. The minimum Gasteiger partial charge on any atom is -0.445 e. The lowest BCUT2D eigenvalue weighted by Gasteiger charge is -2.55. The number of ketones is 1. The summed E-state index contributed by atoms with van der Waals surface area (Å²) >= 11 is 0. The average Bonchev–Trinajstić information content (AvgIpc) is 2.87. The first-order chi connectivity index (χ1) is 11.9. The summed E-state index contributed by atoms with van der Waals surface area (Å²) in [6.45, 7) is 3.73. The third-order valence-corrected chi connectivity index (χ3v) is 7.97. The van der Waals surface area contributed by atoms with E-state index in [-0.39, 0.29) is 11.4 Å². The van der Waals surface area contributed by atoms with Crippen molar-refractivity contribution in [3.05, 3.63) is 11.6 Å². The van der Waals surface area contributed by atoms with Gasteiger partial charge in [0.15, 0.2) is 11.4 Å². The summed E-state index contributed by atoms with van der Waals surface area (Å²) in [5.41, 5.74) is 0.565. The molecule has 0 heterocycles. The molecule has 25 heavy (non-hydrogen) atoms. The van der Waals surface area contributed by atoms with Crippen LogP contribution in [0.15, 0.2) is 11.6 Å². The largest absolute Gasteiger partial charge is 0.445 e. The molecule has 3 nitrogen and oxygen atoms in total. The van der Waals surface area contributed by atoms with Crippen LogP contribution in [0.1, 0.15) is 65.2 Å². The Kier molecular flexibility index (Phi) is 3.87. The first-order valence-electron chi connectivity index (χ1n) is 9.81. The topological polar surface area (TPSA) is 43.4 Å². The molecule has 0 aromatic carbocycles. The van der Waals surface area contributed by atoms with Crippen LogP contribution in [0.5, 0.6) is 0 Å². The van der Waals surface area contributed by atoms with E-state index in [0.717, 1.165) is 44.9 Å². The van der Waals surface area contributed by atoms with Crippen LogP contribution in [-0.2, 0) is 14.3 Å². The maximum absolute atomic E-state index is 11.8. The summed E-state index contributed by atoms with van der Waals surface area (Å²) < 4.78 is 5.79. The molecule has 0 aromatic rings. The van der Waals surface area contributed by atoms with Crippen molar-refractivity contribution in [2.45, 2.75) is 70.8 Å². The number of rotatable bonds is 1. The van der Waals surface area contributed by atoms with E-state index in [1.54, 1.807) is 0 Å². The average molecular weight is 340 g/mol. The van der Waals surface area contributed by atoms with Gasteiger partial charge in [0.1, 0.15) is 0 Å². The van der Waals surface area contributed by atoms with Crippen LogP contribution in [0, 0.1) is 41.4 Å². The van der Waals surface area contributed by atoms with E-state index in [4.69, 9.17) is 11.2 Å². The van der Waals surface area contributed by atoms with Gasteiger partial charge in [-0.3, -0.25) is 9.59 Å². The van der Waals surface area contributed by atoms with E-state index in [1.165, 1.54) is 12.5 Å². The summed E-state index contributed by atoms with van der Waals surface area (Å²) in [5, 5.41) is 0.